The third-order valence-electron chi connectivity index (χ3n) is 9.85. The van der Waals surface area contributed by atoms with Gasteiger partial charge in [-0.1, -0.05) is 121 Å². The lowest BCUT2D eigenvalue weighted by molar-refractivity contribution is 0.569. The first-order chi connectivity index (χ1) is 23.4. The first-order valence-corrected chi connectivity index (χ1v) is 16.8. The highest BCUT2D eigenvalue weighted by atomic mass is 15.2. The summed E-state index contributed by atoms with van der Waals surface area (Å²) in [6.45, 7) is 15.6. The van der Waals surface area contributed by atoms with Crippen molar-refractivity contribution in [2.24, 2.45) is 0 Å². The molecule has 0 saturated heterocycles. The van der Waals surface area contributed by atoms with Crippen LogP contribution in [-0.2, 0) is 6.42 Å². The molecule has 0 N–H and O–H groups in total. The number of anilines is 1. The maximum Gasteiger partial charge on any atom is 0.0631 e. The largest absolute Gasteiger partial charge is 0.337 e. The molecule has 1 unspecified atom stereocenters. The minimum Gasteiger partial charge on any atom is -0.337 e. The zero-order valence-electron chi connectivity index (χ0n) is 28.2. The maximum atomic E-state index is 4.50. The number of fused-ring (bicyclic) bond motifs is 4. The lowest BCUT2D eigenvalue weighted by atomic mass is 9.89. The smallest absolute Gasteiger partial charge is 0.0631 e. The SMILES string of the molecule is C=CC(C)(C/C=C(/C)Cc1ccccc1C)N1/C=C(c2ccc3c(c2)c2ccccc2n3-c2ccccc2)\C=C/C(=C)c2ccccc21. The first kappa shape index (κ1) is 31.0. The van der Waals surface area contributed by atoms with E-state index in [1.807, 2.05) is 0 Å². The number of benzene rings is 5. The highest BCUT2D eigenvalue weighted by Crippen LogP contribution is 2.40. The molecule has 1 aliphatic rings. The number of hydrogen-bond acceptors (Lipinski definition) is 1. The number of para-hydroxylation sites is 3. The van der Waals surface area contributed by atoms with E-state index >= 15 is 0 Å². The van der Waals surface area contributed by atoms with Crippen LogP contribution >= 0.6 is 0 Å². The second-order valence-electron chi connectivity index (χ2n) is 13.2. The van der Waals surface area contributed by atoms with Crippen LogP contribution in [0.2, 0.25) is 0 Å². The Bertz CT molecular complexity index is 2260. The Hall–Kier alpha value is -5.60. The van der Waals surface area contributed by atoms with E-state index in [1.165, 1.54) is 38.5 Å². The summed E-state index contributed by atoms with van der Waals surface area (Å²) in [5.41, 5.74) is 12.7. The molecule has 1 aliphatic heterocycles. The number of hydrogen-bond donors (Lipinski definition) is 0. The van der Waals surface area contributed by atoms with Gasteiger partial charge in [0.05, 0.1) is 16.6 Å². The van der Waals surface area contributed by atoms with E-state index in [-0.39, 0.29) is 0 Å². The molecule has 2 heteroatoms. The summed E-state index contributed by atoms with van der Waals surface area (Å²) in [7, 11) is 0. The Morgan fingerprint density at radius 1 is 0.771 bits per heavy atom. The van der Waals surface area contributed by atoms with Crippen LogP contribution in [0.3, 0.4) is 0 Å². The van der Waals surface area contributed by atoms with Crippen molar-refractivity contribution >= 4 is 38.6 Å². The van der Waals surface area contributed by atoms with Crippen molar-refractivity contribution in [1.29, 1.82) is 0 Å². The second-order valence-corrected chi connectivity index (χ2v) is 13.2. The summed E-state index contributed by atoms with van der Waals surface area (Å²) < 4.78 is 2.36. The van der Waals surface area contributed by atoms with E-state index in [0.29, 0.717) is 0 Å². The fourth-order valence-electron chi connectivity index (χ4n) is 6.93. The van der Waals surface area contributed by atoms with E-state index in [1.54, 1.807) is 0 Å². The maximum absolute atomic E-state index is 4.50. The average Bonchev–Trinajstić information content (AvgIpc) is 3.45. The van der Waals surface area contributed by atoms with Gasteiger partial charge in [-0.2, -0.15) is 0 Å². The topological polar surface area (TPSA) is 8.17 Å². The molecule has 0 fully saturated rings. The van der Waals surface area contributed by atoms with Crippen LogP contribution in [0.5, 0.6) is 0 Å². The van der Waals surface area contributed by atoms with Gasteiger partial charge in [0, 0.05) is 33.9 Å². The molecule has 0 aliphatic carbocycles. The van der Waals surface area contributed by atoms with Crippen molar-refractivity contribution in [3.63, 3.8) is 0 Å². The molecule has 0 saturated carbocycles. The Kier molecular flexibility index (Phi) is 8.33. The monoisotopic (exact) mass is 622 g/mol. The number of aromatic nitrogens is 1. The van der Waals surface area contributed by atoms with Gasteiger partial charge in [-0.25, -0.2) is 0 Å². The van der Waals surface area contributed by atoms with Crippen LogP contribution in [0.15, 0.2) is 171 Å². The first-order valence-electron chi connectivity index (χ1n) is 16.8. The minimum absolute atomic E-state index is 0.396. The van der Waals surface area contributed by atoms with Gasteiger partial charge in [-0.3, -0.25) is 0 Å². The lowest BCUT2D eigenvalue weighted by Gasteiger charge is -2.40. The van der Waals surface area contributed by atoms with E-state index in [4.69, 9.17) is 0 Å². The summed E-state index contributed by atoms with van der Waals surface area (Å²) in [4.78, 5) is 2.41. The molecule has 1 atom stereocenters. The Morgan fingerprint density at radius 3 is 2.29 bits per heavy atom. The highest BCUT2D eigenvalue weighted by molar-refractivity contribution is 6.10. The van der Waals surface area contributed by atoms with Crippen molar-refractivity contribution in [1.82, 2.24) is 4.57 Å². The Labute approximate surface area is 285 Å². The van der Waals surface area contributed by atoms with Crippen molar-refractivity contribution in [2.45, 2.75) is 39.2 Å². The van der Waals surface area contributed by atoms with Crippen LogP contribution in [-0.4, -0.2) is 10.1 Å². The summed E-state index contributed by atoms with van der Waals surface area (Å²) in [5, 5.41) is 2.47. The van der Waals surface area contributed by atoms with Gasteiger partial charge in [-0.15, -0.1) is 6.58 Å². The van der Waals surface area contributed by atoms with Crippen molar-refractivity contribution in [3.8, 4) is 5.69 Å². The number of nitrogens with zero attached hydrogens (tertiary/aromatic N) is 2. The predicted molar refractivity (Wildman–Crippen MR) is 208 cm³/mol. The molecule has 48 heavy (non-hydrogen) atoms. The summed E-state index contributed by atoms with van der Waals surface area (Å²) >= 11 is 0. The quantitative estimate of drug-likeness (QED) is 0.153. The van der Waals surface area contributed by atoms with Crippen LogP contribution in [0, 0.1) is 6.92 Å². The van der Waals surface area contributed by atoms with E-state index < -0.39 is 5.54 Å². The third kappa shape index (κ3) is 5.75. The number of aryl methyl sites for hydroxylation is 1. The van der Waals surface area contributed by atoms with Gasteiger partial charge in [0.25, 0.3) is 0 Å². The molecule has 0 amide bonds. The van der Waals surface area contributed by atoms with E-state index in [2.05, 4.69) is 195 Å². The van der Waals surface area contributed by atoms with Gasteiger partial charge < -0.3 is 9.47 Å². The molecule has 0 radical (unpaired) electrons. The molecule has 5 aromatic carbocycles. The highest BCUT2D eigenvalue weighted by Gasteiger charge is 2.30. The van der Waals surface area contributed by atoms with Gasteiger partial charge in [-0.05, 0) is 97.8 Å². The molecular formula is C46H42N2. The van der Waals surface area contributed by atoms with Crippen LogP contribution in [0.1, 0.15) is 42.5 Å². The zero-order chi connectivity index (χ0) is 33.3. The summed E-state index contributed by atoms with van der Waals surface area (Å²) in [6, 6.07) is 43.4. The standard InChI is InChI=1S/C46H42N2/c1-6-46(5,29-28-33(2)30-36-17-11-10-16-34(36)3)47-32-38(25-24-35(4)40-20-12-14-22-43(40)47)37-26-27-45-42(31-37)41-21-13-15-23-44(41)48(45)39-18-8-7-9-19-39/h6-28,31-32H,1,4,29-30H2,2-3,5H3/b25-24-,33-28-,38-32+. The number of allylic oxidation sites excluding steroid dienone is 5. The lowest BCUT2D eigenvalue weighted by Crippen LogP contribution is -2.42. The zero-order valence-corrected chi connectivity index (χ0v) is 28.2. The molecule has 2 heterocycles. The van der Waals surface area contributed by atoms with Crippen molar-refractivity contribution in [3.05, 3.63) is 193 Å². The third-order valence-corrected chi connectivity index (χ3v) is 9.85. The molecular weight excluding hydrogens is 581 g/mol. The van der Waals surface area contributed by atoms with Crippen molar-refractivity contribution in [2.75, 3.05) is 4.90 Å². The molecule has 236 valence electrons. The summed E-state index contributed by atoms with van der Waals surface area (Å²) in [6.07, 6.45) is 12.9. The molecule has 0 spiro atoms. The number of rotatable bonds is 8. The fraction of sp³-hybridized carbons (Fsp3) is 0.130. The van der Waals surface area contributed by atoms with Gasteiger partial charge in [0.1, 0.15) is 0 Å². The average molecular weight is 623 g/mol. The molecule has 1 aromatic heterocycles. The molecule has 0 bridgehead atoms. The second kappa shape index (κ2) is 12.9. The minimum atomic E-state index is -0.396. The van der Waals surface area contributed by atoms with Crippen LogP contribution in [0.4, 0.5) is 5.69 Å². The molecule has 7 rings (SSSR count). The van der Waals surface area contributed by atoms with Gasteiger partial charge in [0.15, 0.2) is 0 Å². The molecule has 2 nitrogen and oxygen atoms in total. The normalized spacial score (nSPS) is 16.5. The van der Waals surface area contributed by atoms with Crippen LogP contribution in [0.25, 0.3) is 38.6 Å². The van der Waals surface area contributed by atoms with Crippen molar-refractivity contribution < 1.29 is 0 Å². The van der Waals surface area contributed by atoms with E-state index in [0.717, 1.165) is 46.5 Å². The van der Waals surface area contributed by atoms with Gasteiger partial charge >= 0.3 is 0 Å². The Morgan fingerprint density at radius 2 is 1.48 bits per heavy atom. The van der Waals surface area contributed by atoms with Gasteiger partial charge in [0.2, 0.25) is 0 Å². The fourth-order valence-corrected chi connectivity index (χ4v) is 6.93. The van der Waals surface area contributed by atoms with E-state index in [9.17, 15) is 0 Å². The Balaban J connectivity index is 1.35. The van der Waals surface area contributed by atoms with Crippen LogP contribution < -0.4 is 4.90 Å². The summed E-state index contributed by atoms with van der Waals surface area (Å²) in [5.74, 6) is 0. The predicted octanol–water partition coefficient (Wildman–Crippen LogP) is 12.0. The molecule has 6 aromatic rings.